The summed E-state index contributed by atoms with van der Waals surface area (Å²) in [6.45, 7) is 3.93. The second-order valence-corrected chi connectivity index (χ2v) is 12.7. The van der Waals surface area contributed by atoms with Crippen LogP contribution in [0.25, 0.3) is 73.7 Å². The molecule has 0 saturated heterocycles. The maximum Gasteiger partial charge on any atom is 0.0991 e. The van der Waals surface area contributed by atoms with Crippen molar-refractivity contribution in [3.05, 3.63) is 161 Å². The Bertz CT molecular complexity index is 2720. The van der Waals surface area contributed by atoms with Crippen molar-refractivity contribution >= 4 is 40.0 Å². The van der Waals surface area contributed by atoms with Gasteiger partial charge in [-0.25, -0.2) is 0 Å². The summed E-state index contributed by atoms with van der Waals surface area (Å²) in [5.41, 5.74) is 13.6. The van der Waals surface area contributed by atoms with Gasteiger partial charge in [-0.05, 0) is 104 Å². The Labute approximate surface area is 296 Å². The molecule has 0 bridgehead atoms. The highest BCUT2D eigenvalue weighted by atomic mass is 15.0. The van der Waals surface area contributed by atoms with Gasteiger partial charge in [0.2, 0.25) is 0 Å². The number of benzene rings is 5. The Balaban J connectivity index is 1.38. The van der Waals surface area contributed by atoms with E-state index in [0.717, 1.165) is 84.4 Å². The third-order valence-corrected chi connectivity index (χ3v) is 9.70. The Morgan fingerprint density at radius 3 is 2.04 bits per heavy atom. The number of allylic oxidation sites excluding steroid dienone is 3. The third kappa shape index (κ3) is 5.24. The van der Waals surface area contributed by atoms with Gasteiger partial charge in [-0.3, -0.25) is 0 Å². The Hall–Kier alpha value is -7.13. The Morgan fingerprint density at radius 2 is 1.33 bits per heavy atom. The van der Waals surface area contributed by atoms with Gasteiger partial charge in [0.25, 0.3) is 0 Å². The van der Waals surface area contributed by atoms with Crippen LogP contribution in [-0.2, 0) is 0 Å². The zero-order valence-corrected chi connectivity index (χ0v) is 28.2. The molecule has 0 fully saturated rings. The average molecular weight is 654 g/mol. The minimum atomic E-state index is 0.535. The standard InChI is InChI=1S/C46H31N5/c1-30(27-47)23-40-31(2)50(43-16-5-3-4-13-39(40)43)35-12-10-11-34(26-35)36-21-19-32(28-48)24-41(36)42-25-33(29-49)20-22-46(42)51-44-17-8-6-14-37(44)38-15-7-9-18-45(38)51/h4-26H,3H2,1-2H3/b30-23+. The number of aromatic nitrogens is 2. The van der Waals surface area contributed by atoms with Crippen LogP contribution in [-0.4, -0.2) is 9.13 Å². The molecule has 2 aromatic heterocycles. The molecule has 0 radical (unpaired) electrons. The zero-order valence-electron chi connectivity index (χ0n) is 28.2. The smallest absolute Gasteiger partial charge is 0.0991 e. The first-order valence-corrected chi connectivity index (χ1v) is 16.9. The van der Waals surface area contributed by atoms with Crippen LogP contribution in [0.3, 0.4) is 0 Å². The van der Waals surface area contributed by atoms with Crippen molar-refractivity contribution in [3.8, 4) is 51.8 Å². The Morgan fingerprint density at radius 1 is 0.667 bits per heavy atom. The van der Waals surface area contributed by atoms with E-state index in [1.54, 1.807) is 0 Å². The lowest BCUT2D eigenvalue weighted by Crippen LogP contribution is -2.01. The van der Waals surface area contributed by atoms with Crippen molar-refractivity contribution in [1.29, 1.82) is 15.8 Å². The van der Waals surface area contributed by atoms with Crippen molar-refractivity contribution in [2.75, 3.05) is 0 Å². The topological polar surface area (TPSA) is 81.2 Å². The van der Waals surface area contributed by atoms with Crippen molar-refractivity contribution in [1.82, 2.24) is 9.13 Å². The second-order valence-electron chi connectivity index (χ2n) is 12.7. The predicted molar refractivity (Wildman–Crippen MR) is 207 cm³/mol. The lowest BCUT2D eigenvalue weighted by molar-refractivity contribution is 0.999. The molecule has 0 atom stereocenters. The number of nitrogens with zero attached hydrogens (tertiary/aromatic N) is 5. The molecule has 51 heavy (non-hydrogen) atoms. The molecule has 1 aliphatic carbocycles. The van der Waals surface area contributed by atoms with Gasteiger partial charge in [0.05, 0.1) is 51.7 Å². The first-order valence-electron chi connectivity index (χ1n) is 16.9. The molecule has 0 saturated carbocycles. The van der Waals surface area contributed by atoms with E-state index >= 15 is 0 Å². The van der Waals surface area contributed by atoms with Gasteiger partial charge < -0.3 is 9.13 Å². The molecule has 5 nitrogen and oxygen atoms in total. The lowest BCUT2D eigenvalue weighted by Gasteiger charge is -2.18. The van der Waals surface area contributed by atoms with Gasteiger partial charge in [0, 0.05) is 44.4 Å². The normalized spacial score (nSPS) is 12.3. The van der Waals surface area contributed by atoms with E-state index in [1.165, 1.54) is 0 Å². The molecule has 240 valence electrons. The molecule has 1 aliphatic rings. The molecule has 0 N–H and O–H groups in total. The number of fused-ring (bicyclic) bond motifs is 4. The van der Waals surface area contributed by atoms with Crippen molar-refractivity contribution in [2.45, 2.75) is 20.3 Å². The van der Waals surface area contributed by atoms with E-state index in [4.69, 9.17) is 0 Å². The van der Waals surface area contributed by atoms with E-state index < -0.39 is 0 Å². The number of para-hydroxylation sites is 2. The summed E-state index contributed by atoms with van der Waals surface area (Å²) >= 11 is 0. The summed E-state index contributed by atoms with van der Waals surface area (Å²) in [4.78, 5) is 0. The number of rotatable bonds is 5. The van der Waals surface area contributed by atoms with Crippen LogP contribution in [0.15, 0.2) is 127 Å². The maximum absolute atomic E-state index is 10.1. The molecule has 0 amide bonds. The van der Waals surface area contributed by atoms with E-state index in [1.807, 2.05) is 61.5 Å². The summed E-state index contributed by atoms with van der Waals surface area (Å²) < 4.78 is 4.52. The van der Waals surface area contributed by atoms with Crippen LogP contribution in [0.4, 0.5) is 0 Å². The van der Waals surface area contributed by atoms with Crippen molar-refractivity contribution < 1.29 is 0 Å². The Kier molecular flexibility index (Phi) is 7.77. The molecule has 0 aliphatic heterocycles. The van der Waals surface area contributed by atoms with E-state index in [2.05, 4.69) is 119 Å². The average Bonchev–Trinajstić information content (AvgIpc) is 3.51. The van der Waals surface area contributed by atoms with Gasteiger partial charge >= 0.3 is 0 Å². The molecule has 5 aromatic carbocycles. The van der Waals surface area contributed by atoms with Crippen LogP contribution in [0.1, 0.15) is 47.0 Å². The van der Waals surface area contributed by atoms with E-state index in [0.29, 0.717) is 16.7 Å². The minimum absolute atomic E-state index is 0.535. The predicted octanol–water partition coefficient (Wildman–Crippen LogP) is 11.3. The van der Waals surface area contributed by atoms with Gasteiger partial charge in [-0.15, -0.1) is 0 Å². The monoisotopic (exact) mass is 653 g/mol. The highest BCUT2D eigenvalue weighted by molar-refractivity contribution is 6.10. The SMILES string of the molecule is C/C(C#N)=C\c1c2c(n(-c3cccc(-c4ccc(C#N)cc4-c4cc(C#N)ccc4-n4c5ccccc5c5ccccc54)c3)c1C)C=CCC=C2. The quantitative estimate of drug-likeness (QED) is 0.173. The first kappa shape index (κ1) is 31.2. The van der Waals surface area contributed by atoms with Gasteiger partial charge in [0.1, 0.15) is 0 Å². The summed E-state index contributed by atoms with van der Waals surface area (Å²) in [5, 5.41) is 32.1. The molecule has 0 spiro atoms. The molecule has 8 rings (SSSR count). The van der Waals surface area contributed by atoms with Crippen LogP contribution in [0.2, 0.25) is 0 Å². The largest absolute Gasteiger partial charge is 0.313 e. The maximum atomic E-state index is 10.1. The molecule has 2 heterocycles. The highest BCUT2D eigenvalue weighted by Crippen LogP contribution is 2.41. The minimum Gasteiger partial charge on any atom is -0.313 e. The van der Waals surface area contributed by atoms with Gasteiger partial charge in [-0.2, -0.15) is 15.8 Å². The fourth-order valence-electron chi connectivity index (χ4n) is 7.40. The van der Waals surface area contributed by atoms with Gasteiger partial charge in [0.15, 0.2) is 0 Å². The van der Waals surface area contributed by atoms with Crippen LogP contribution in [0.5, 0.6) is 0 Å². The van der Waals surface area contributed by atoms with Crippen LogP contribution >= 0.6 is 0 Å². The summed E-state index contributed by atoms with van der Waals surface area (Å²) in [7, 11) is 0. The molecular formula is C46H31N5. The van der Waals surface area contributed by atoms with Crippen molar-refractivity contribution in [2.24, 2.45) is 0 Å². The van der Waals surface area contributed by atoms with Gasteiger partial charge in [-0.1, -0.05) is 72.8 Å². The summed E-state index contributed by atoms with van der Waals surface area (Å²) in [6.07, 6.45) is 11.4. The number of nitriles is 3. The van der Waals surface area contributed by atoms with E-state index in [-0.39, 0.29) is 0 Å². The van der Waals surface area contributed by atoms with Crippen LogP contribution < -0.4 is 0 Å². The first-order chi connectivity index (χ1) is 25.0. The molecule has 7 aromatic rings. The second kappa shape index (κ2) is 12.7. The van der Waals surface area contributed by atoms with Crippen molar-refractivity contribution in [3.63, 3.8) is 0 Å². The van der Waals surface area contributed by atoms with Crippen LogP contribution in [0, 0.1) is 40.9 Å². The zero-order chi connectivity index (χ0) is 35.1. The van der Waals surface area contributed by atoms with E-state index in [9.17, 15) is 15.8 Å². The fourth-order valence-corrected chi connectivity index (χ4v) is 7.40. The number of hydrogen-bond acceptors (Lipinski definition) is 3. The molecule has 5 heteroatoms. The molecular weight excluding hydrogens is 623 g/mol. The summed E-state index contributed by atoms with van der Waals surface area (Å²) in [6, 6.07) is 43.8. The molecule has 0 unspecified atom stereocenters. The lowest BCUT2D eigenvalue weighted by atomic mass is 9.91. The summed E-state index contributed by atoms with van der Waals surface area (Å²) in [5.74, 6) is 0. The number of hydrogen-bond donors (Lipinski definition) is 0. The third-order valence-electron chi connectivity index (χ3n) is 9.70. The fraction of sp³-hybridized carbons (Fsp3) is 0.0652. The highest BCUT2D eigenvalue weighted by Gasteiger charge is 2.21.